The van der Waals surface area contributed by atoms with Crippen molar-refractivity contribution in [3.05, 3.63) is 46.0 Å². The fourth-order valence-corrected chi connectivity index (χ4v) is 5.03. The fourth-order valence-electron chi connectivity index (χ4n) is 4.01. The van der Waals surface area contributed by atoms with Gasteiger partial charge in [0.2, 0.25) is 0 Å². The molecule has 5 heteroatoms. The number of nitrogens with zero attached hydrogens (tertiary/aromatic N) is 1. The Morgan fingerprint density at radius 1 is 1.21 bits per heavy atom. The van der Waals surface area contributed by atoms with Crippen molar-refractivity contribution < 1.29 is 9.53 Å². The highest BCUT2D eigenvalue weighted by molar-refractivity contribution is 7.21. The van der Waals surface area contributed by atoms with Crippen molar-refractivity contribution in [2.24, 2.45) is 0 Å². The van der Waals surface area contributed by atoms with Crippen LogP contribution in [0.1, 0.15) is 66.0 Å². The molecule has 0 bridgehead atoms. The molecule has 0 atom stereocenters. The van der Waals surface area contributed by atoms with Gasteiger partial charge >= 0.3 is 5.97 Å². The first kappa shape index (κ1) is 18.9. The van der Waals surface area contributed by atoms with Crippen LogP contribution in [0.2, 0.25) is 0 Å². The first-order valence-electron chi connectivity index (χ1n) is 10.0. The molecule has 146 valence electrons. The van der Waals surface area contributed by atoms with Crippen molar-refractivity contribution in [3.63, 3.8) is 0 Å². The number of benzene rings is 1. The molecule has 0 unspecified atom stereocenters. The van der Waals surface area contributed by atoms with E-state index in [9.17, 15) is 4.79 Å². The number of carbonyl (C=O) groups excluding carboxylic acids is 1. The third kappa shape index (κ3) is 3.18. The second kappa shape index (κ2) is 7.55. The minimum Gasteiger partial charge on any atom is -0.462 e. The van der Waals surface area contributed by atoms with E-state index in [0.29, 0.717) is 23.1 Å². The minimum absolute atomic E-state index is 0.333. The van der Waals surface area contributed by atoms with Crippen LogP contribution in [0.4, 0.5) is 5.69 Å². The molecule has 0 amide bonds. The van der Waals surface area contributed by atoms with Crippen molar-refractivity contribution in [1.29, 1.82) is 0 Å². The van der Waals surface area contributed by atoms with E-state index in [1.165, 1.54) is 22.5 Å². The number of pyridine rings is 1. The molecule has 2 N–H and O–H groups in total. The lowest BCUT2D eigenvalue weighted by Crippen LogP contribution is -2.08. The summed E-state index contributed by atoms with van der Waals surface area (Å²) in [5.41, 5.74) is 13.0. The summed E-state index contributed by atoms with van der Waals surface area (Å²) < 4.78 is 5.22. The Kier molecular flexibility index (Phi) is 5.11. The van der Waals surface area contributed by atoms with Gasteiger partial charge in [-0.2, -0.15) is 0 Å². The molecule has 4 rings (SSSR count). The van der Waals surface area contributed by atoms with Crippen LogP contribution < -0.4 is 5.73 Å². The number of aryl methyl sites for hydroxylation is 1. The van der Waals surface area contributed by atoms with Crippen molar-refractivity contribution in [2.45, 2.75) is 52.4 Å². The maximum absolute atomic E-state index is 12.4. The molecule has 3 aromatic rings. The quantitative estimate of drug-likeness (QED) is 0.574. The summed E-state index contributed by atoms with van der Waals surface area (Å²) in [5, 5.41) is 0.908. The number of nitrogens with two attached hydrogens (primary N) is 1. The number of hydrogen-bond acceptors (Lipinski definition) is 5. The Morgan fingerprint density at radius 3 is 2.61 bits per heavy atom. The van der Waals surface area contributed by atoms with Crippen molar-refractivity contribution in [3.8, 4) is 11.1 Å². The summed E-state index contributed by atoms with van der Waals surface area (Å²) in [4.78, 5) is 18.6. The average molecular weight is 395 g/mol. The smallest absolute Gasteiger partial charge is 0.350 e. The Bertz CT molecular complexity index is 1040. The standard InChI is InChI=1S/C23H26N2O2S/c1-4-27-23(26)21-20(24)19-18(15-11-9-14(10-12-15)13(2)3)16-7-5-6-8-17(16)25-22(19)28-21/h9-13H,4-8,24H2,1-3H3. The van der Waals surface area contributed by atoms with Crippen molar-refractivity contribution in [1.82, 2.24) is 4.98 Å². The molecule has 0 fully saturated rings. The molecule has 4 nitrogen and oxygen atoms in total. The number of rotatable bonds is 4. The molecule has 0 saturated carbocycles. The van der Waals surface area contributed by atoms with E-state index in [0.717, 1.165) is 52.7 Å². The van der Waals surface area contributed by atoms with Gasteiger partial charge in [0.1, 0.15) is 9.71 Å². The van der Waals surface area contributed by atoms with E-state index in [-0.39, 0.29) is 5.97 Å². The molecular weight excluding hydrogens is 368 g/mol. The first-order chi connectivity index (χ1) is 13.5. The van der Waals surface area contributed by atoms with E-state index in [1.54, 1.807) is 6.92 Å². The van der Waals surface area contributed by atoms with Crippen LogP contribution >= 0.6 is 11.3 Å². The molecule has 28 heavy (non-hydrogen) atoms. The highest BCUT2D eigenvalue weighted by Gasteiger charge is 2.26. The van der Waals surface area contributed by atoms with Crippen LogP contribution in [0.3, 0.4) is 0 Å². The van der Waals surface area contributed by atoms with Gasteiger partial charge in [-0.15, -0.1) is 11.3 Å². The zero-order valence-corrected chi connectivity index (χ0v) is 17.5. The predicted octanol–water partition coefficient (Wildman–Crippen LogP) is 5.72. The molecular formula is C23H26N2O2S. The number of fused-ring (bicyclic) bond motifs is 2. The van der Waals surface area contributed by atoms with E-state index >= 15 is 0 Å². The Hall–Kier alpha value is -2.40. The van der Waals surface area contributed by atoms with Crippen molar-refractivity contribution >= 4 is 33.2 Å². The predicted molar refractivity (Wildman–Crippen MR) is 116 cm³/mol. The molecule has 1 aliphatic rings. The Balaban J connectivity index is 1.97. The second-order valence-corrected chi connectivity index (χ2v) is 8.64. The summed E-state index contributed by atoms with van der Waals surface area (Å²) in [6.45, 7) is 6.54. The van der Waals surface area contributed by atoms with Gasteiger partial charge in [0.15, 0.2) is 0 Å². The topological polar surface area (TPSA) is 65.2 Å². The van der Waals surface area contributed by atoms with Gasteiger partial charge in [-0.1, -0.05) is 38.1 Å². The summed E-state index contributed by atoms with van der Waals surface area (Å²) in [6.07, 6.45) is 4.30. The fraction of sp³-hybridized carbons (Fsp3) is 0.391. The number of hydrogen-bond donors (Lipinski definition) is 1. The number of thiophene rings is 1. The number of aromatic nitrogens is 1. The van der Waals surface area contributed by atoms with Gasteiger partial charge in [-0.25, -0.2) is 9.78 Å². The lowest BCUT2D eigenvalue weighted by Gasteiger charge is -2.20. The summed E-state index contributed by atoms with van der Waals surface area (Å²) in [6, 6.07) is 8.74. The molecule has 0 spiro atoms. The van der Waals surface area contributed by atoms with E-state index < -0.39 is 0 Å². The van der Waals surface area contributed by atoms with Gasteiger partial charge in [-0.05, 0) is 60.8 Å². The molecule has 2 aromatic heterocycles. The number of nitrogen functional groups attached to an aromatic ring is 1. The van der Waals surface area contributed by atoms with Crippen LogP contribution in [-0.4, -0.2) is 17.6 Å². The van der Waals surface area contributed by atoms with Gasteiger partial charge in [0, 0.05) is 11.1 Å². The minimum atomic E-state index is -0.359. The van der Waals surface area contributed by atoms with E-state index in [1.807, 2.05) is 0 Å². The molecule has 0 saturated heterocycles. The highest BCUT2D eigenvalue weighted by Crippen LogP contribution is 2.44. The molecule has 1 aliphatic carbocycles. The molecule has 0 aliphatic heterocycles. The SMILES string of the molecule is CCOC(=O)c1sc2nc3c(c(-c4ccc(C(C)C)cc4)c2c1N)CCCC3. The Morgan fingerprint density at radius 2 is 1.93 bits per heavy atom. The van der Waals surface area contributed by atoms with Crippen LogP contribution in [-0.2, 0) is 17.6 Å². The molecule has 2 heterocycles. The monoisotopic (exact) mass is 394 g/mol. The molecule has 0 radical (unpaired) electrons. The largest absolute Gasteiger partial charge is 0.462 e. The summed E-state index contributed by atoms with van der Waals surface area (Å²) in [5.74, 6) is 0.129. The maximum Gasteiger partial charge on any atom is 0.350 e. The van der Waals surface area contributed by atoms with Crippen LogP contribution in [0.15, 0.2) is 24.3 Å². The Labute approximate surface area is 169 Å². The van der Waals surface area contributed by atoms with E-state index in [2.05, 4.69) is 38.1 Å². The highest BCUT2D eigenvalue weighted by atomic mass is 32.1. The summed E-state index contributed by atoms with van der Waals surface area (Å²) >= 11 is 1.35. The van der Waals surface area contributed by atoms with Gasteiger partial charge in [0.05, 0.1) is 12.3 Å². The average Bonchev–Trinajstić information content (AvgIpc) is 3.03. The molecule has 1 aromatic carbocycles. The number of ether oxygens (including phenoxy) is 1. The lowest BCUT2D eigenvalue weighted by molar-refractivity contribution is 0.0533. The van der Waals surface area contributed by atoms with Gasteiger partial charge < -0.3 is 10.5 Å². The van der Waals surface area contributed by atoms with E-state index in [4.69, 9.17) is 15.5 Å². The number of esters is 1. The normalized spacial score (nSPS) is 13.7. The summed E-state index contributed by atoms with van der Waals surface area (Å²) in [7, 11) is 0. The van der Waals surface area contributed by atoms with Crippen LogP contribution in [0.5, 0.6) is 0 Å². The van der Waals surface area contributed by atoms with Crippen LogP contribution in [0, 0.1) is 0 Å². The van der Waals surface area contributed by atoms with Gasteiger partial charge in [-0.3, -0.25) is 0 Å². The zero-order chi connectivity index (χ0) is 19.8. The lowest BCUT2D eigenvalue weighted by atomic mass is 9.87. The second-order valence-electron chi connectivity index (χ2n) is 7.64. The third-order valence-corrected chi connectivity index (χ3v) is 6.56. The van der Waals surface area contributed by atoms with Crippen LogP contribution in [0.25, 0.3) is 21.3 Å². The third-order valence-electron chi connectivity index (χ3n) is 5.48. The number of anilines is 1. The first-order valence-corrected chi connectivity index (χ1v) is 10.8. The number of carbonyl (C=O) groups is 1. The van der Waals surface area contributed by atoms with Crippen molar-refractivity contribution in [2.75, 3.05) is 12.3 Å². The zero-order valence-electron chi connectivity index (χ0n) is 16.7. The van der Waals surface area contributed by atoms with Gasteiger partial charge in [0.25, 0.3) is 0 Å². The maximum atomic E-state index is 12.4.